The molecule has 39 heavy (non-hydrogen) atoms. The van der Waals surface area contributed by atoms with Crippen LogP contribution in [0, 0.1) is 32.0 Å². The molecule has 192 valence electrons. The molecule has 0 aliphatic carbocycles. The zero-order valence-electron chi connectivity index (χ0n) is 21.9. The van der Waals surface area contributed by atoms with Crippen LogP contribution in [0.5, 0.6) is 0 Å². The van der Waals surface area contributed by atoms with Gasteiger partial charge in [-0.15, -0.1) is 107 Å². The Morgan fingerprint density at radius 3 is 1.38 bits per heavy atom. The van der Waals surface area contributed by atoms with Gasteiger partial charge in [-0.1, -0.05) is 43.3 Å². The van der Waals surface area contributed by atoms with Gasteiger partial charge in [-0.25, -0.2) is 0 Å². The number of nitrogens with zero attached hydrogens (tertiary/aromatic N) is 3. The fraction of sp³-hybridized carbons (Fsp3) is 0.0571. The van der Waals surface area contributed by atoms with Gasteiger partial charge in [0, 0.05) is 18.6 Å². The van der Waals surface area contributed by atoms with Gasteiger partial charge < -0.3 is 15.0 Å². The molecule has 6 aromatic rings. The summed E-state index contributed by atoms with van der Waals surface area (Å²) in [5.41, 5.74) is 8.46. The number of rotatable bonds is 3. The second kappa shape index (κ2) is 15.9. The summed E-state index contributed by atoms with van der Waals surface area (Å²) in [7, 11) is 0. The summed E-state index contributed by atoms with van der Waals surface area (Å²) in [5, 5.41) is 0. The minimum atomic E-state index is 0. The summed E-state index contributed by atoms with van der Waals surface area (Å²) in [6, 6.07) is 47.0. The predicted molar refractivity (Wildman–Crippen MR) is 155 cm³/mol. The van der Waals surface area contributed by atoms with Crippen molar-refractivity contribution >= 4 is 0 Å². The van der Waals surface area contributed by atoms with E-state index in [0.29, 0.717) is 0 Å². The van der Waals surface area contributed by atoms with Gasteiger partial charge in [0.25, 0.3) is 0 Å². The van der Waals surface area contributed by atoms with E-state index in [1.807, 2.05) is 116 Å². The molecule has 0 unspecified atom stereocenters. The third-order valence-corrected chi connectivity index (χ3v) is 5.46. The molecule has 0 saturated heterocycles. The first-order valence-electron chi connectivity index (χ1n) is 12.4. The summed E-state index contributed by atoms with van der Waals surface area (Å²) < 4.78 is 0. The number of pyridine rings is 3. The number of benzene rings is 3. The SMILES string of the molecule is Cc1c[c-]c(-c2ccc(C)cn2)cc1.[Ir+3].[c-]1ccccc1-c1ccccn1.[c-]1ccccc1-c1ccccn1. The Morgan fingerprint density at radius 2 is 0.974 bits per heavy atom. The largest absolute Gasteiger partial charge is 3.00 e. The maximum Gasteiger partial charge on any atom is 3.00 e. The molecule has 6 rings (SSSR count). The van der Waals surface area contributed by atoms with Gasteiger partial charge in [0.2, 0.25) is 0 Å². The summed E-state index contributed by atoms with van der Waals surface area (Å²) in [5.74, 6) is 0. The molecule has 0 radical (unpaired) electrons. The fourth-order valence-corrected chi connectivity index (χ4v) is 3.44. The molecule has 3 heterocycles. The molecule has 0 aliphatic heterocycles. The first kappa shape index (κ1) is 29.3. The molecule has 3 nitrogen and oxygen atoms in total. The third kappa shape index (κ3) is 9.54. The van der Waals surface area contributed by atoms with E-state index in [4.69, 9.17) is 0 Å². The predicted octanol–water partition coefficient (Wildman–Crippen LogP) is 8.26. The van der Waals surface area contributed by atoms with E-state index in [2.05, 4.69) is 52.2 Å². The van der Waals surface area contributed by atoms with Gasteiger partial charge in [0.05, 0.1) is 0 Å². The molecule has 3 aromatic heterocycles. The van der Waals surface area contributed by atoms with E-state index >= 15 is 0 Å². The summed E-state index contributed by atoms with van der Waals surface area (Å²) in [6.45, 7) is 4.10. The van der Waals surface area contributed by atoms with E-state index in [1.165, 1.54) is 11.1 Å². The van der Waals surface area contributed by atoms with E-state index in [0.717, 1.165) is 33.8 Å². The topological polar surface area (TPSA) is 38.7 Å². The van der Waals surface area contributed by atoms with Crippen molar-refractivity contribution in [2.24, 2.45) is 0 Å². The van der Waals surface area contributed by atoms with Crippen molar-refractivity contribution in [3.8, 4) is 33.8 Å². The molecular formula is C35H28IrN3. The van der Waals surface area contributed by atoms with Gasteiger partial charge >= 0.3 is 20.1 Å². The molecule has 0 N–H and O–H groups in total. The quantitative estimate of drug-likeness (QED) is 0.177. The Kier molecular flexibility index (Phi) is 11.9. The van der Waals surface area contributed by atoms with Crippen LogP contribution in [-0.4, -0.2) is 15.0 Å². The molecule has 0 spiro atoms. The van der Waals surface area contributed by atoms with Crippen LogP contribution in [-0.2, 0) is 20.1 Å². The van der Waals surface area contributed by atoms with Crippen LogP contribution in [0.25, 0.3) is 33.8 Å². The van der Waals surface area contributed by atoms with E-state index in [1.54, 1.807) is 12.4 Å². The van der Waals surface area contributed by atoms with Crippen molar-refractivity contribution in [3.63, 3.8) is 0 Å². The minimum absolute atomic E-state index is 0. The normalized spacial score (nSPS) is 9.59. The van der Waals surface area contributed by atoms with Crippen molar-refractivity contribution in [1.29, 1.82) is 0 Å². The smallest absolute Gasteiger partial charge is 0.305 e. The Bertz CT molecular complexity index is 1280. The molecule has 0 atom stereocenters. The summed E-state index contributed by atoms with van der Waals surface area (Å²) in [4.78, 5) is 12.8. The fourth-order valence-electron chi connectivity index (χ4n) is 3.44. The number of hydrogen-bond donors (Lipinski definition) is 0. The zero-order valence-corrected chi connectivity index (χ0v) is 24.3. The van der Waals surface area contributed by atoms with Crippen molar-refractivity contribution < 1.29 is 20.1 Å². The van der Waals surface area contributed by atoms with Gasteiger partial charge in [0.15, 0.2) is 0 Å². The number of aromatic nitrogens is 3. The first-order chi connectivity index (χ1) is 18.7. The van der Waals surface area contributed by atoms with E-state index in [-0.39, 0.29) is 20.1 Å². The zero-order chi connectivity index (χ0) is 26.4. The second-order valence-corrected chi connectivity index (χ2v) is 8.48. The maximum atomic E-state index is 4.35. The van der Waals surface area contributed by atoms with Crippen molar-refractivity contribution in [2.45, 2.75) is 13.8 Å². The molecule has 0 aliphatic rings. The van der Waals surface area contributed by atoms with Crippen LogP contribution in [0.1, 0.15) is 11.1 Å². The maximum absolute atomic E-state index is 4.35. The number of aryl methyl sites for hydroxylation is 2. The van der Waals surface area contributed by atoms with Crippen LogP contribution < -0.4 is 0 Å². The summed E-state index contributed by atoms with van der Waals surface area (Å²) in [6.07, 6.45) is 5.45. The first-order valence-corrected chi connectivity index (χ1v) is 12.4. The Labute approximate surface area is 245 Å². The average Bonchev–Trinajstić information content (AvgIpc) is 3.01. The molecule has 0 amide bonds. The minimum Gasteiger partial charge on any atom is -0.305 e. The molecule has 0 saturated carbocycles. The van der Waals surface area contributed by atoms with Crippen molar-refractivity contribution in [2.75, 3.05) is 0 Å². The molecule has 0 fully saturated rings. The van der Waals surface area contributed by atoms with E-state index in [9.17, 15) is 0 Å². The molecule has 4 heteroatoms. The summed E-state index contributed by atoms with van der Waals surface area (Å²) >= 11 is 0. The Balaban J connectivity index is 0.000000160. The van der Waals surface area contributed by atoms with Crippen LogP contribution in [0.2, 0.25) is 0 Å². The molecular weight excluding hydrogens is 655 g/mol. The van der Waals surface area contributed by atoms with Crippen LogP contribution >= 0.6 is 0 Å². The molecule has 3 aromatic carbocycles. The third-order valence-electron chi connectivity index (χ3n) is 5.46. The Morgan fingerprint density at radius 1 is 0.462 bits per heavy atom. The monoisotopic (exact) mass is 683 g/mol. The van der Waals surface area contributed by atoms with Crippen LogP contribution in [0.4, 0.5) is 0 Å². The van der Waals surface area contributed by atoms with Crippen molar-refractivity contribution in [1.82, 2.24) is 15.0 Å². The van der Waals surface area contributed by atoms with Crippen LogP contribution in [0.15, 0.2) is 134 Å². The van der Waals surface area contributed by atoms with E-state index < -0.39 is 0 Å². The second-order valence-electron chi connectivity index (χ2n) is 8.48. The standard InChI is InChI=1S/C13H12N.2C11H8N.Ir/c1-10-3-6-12(7-4-10)13-8-5-11(2)9-14-13;2*1-2-6-10(7-3-1)11-8-4-5-9-12-11;/h3-6,8-9H,1-2H3;2*1-6,8-9H;/q3*-1;+3. The van der Waals surface area contributed by atoms with Gasteiger partial charge in [-0.3, -0.25) is 0 Å². The van der Waals surface area contributed by atoms with Gasteiger partial charge in [-0.05, 0) is 41.7 Å². The van der Waals surface area contributed by atoms with Crippen LogP contribution in [0.3, 0.4) is 0 Å². The van der Waals surface area contributed by atoms with Gasteiger partial charge in [0.1, 0.15) is 0 Å². The van der Waals surface area contributed by atoms with Gasteiger partial charge in [-0.2, -0.15) is 0 Å². The number of hydrogen-bond acceptors (Lipinski definition) is 3. The van der Waals surface area contributed by atoms with Crippen molar-refractivity contribution in [3.05, 3.63) is 163 Å². The Hall–Kier alpha value is -4.24. The average molecular weight is 683 g/mol. The molecule has 0 bridgehead atoms.